The fraction of sp³-hybridized carbons (Fsp3) is 0. The van der Waals surface area contributed by atoms with E-state index in [9.17, 15) is 9.59 Å². The molecule has 66 valence electrons. The molecule has 1 aliphatic heterocycles. The standard InChI is InChI=1S/C10H4N2O2/c13-9-6-4-2-1-3-5(6)7-8(9)12-10(14)11-7/h1-4H. The van der Waals surface area contributed by atoms with Gasteiger partial charge in [0.15, 0.2) is 0 Å². The fourth-order valence-corrected chi connectivity index (χ4v) is 1.68. The summed E-state index contributed by atoms with van der Waals surface area (Å²) >= 11 is 0. The summed E-state index contributed by atoms with van der Waals surface area (Å²) in [6.45, 7) is 0. The number of benzene rings is 1. The van der Waals surface area contributed by atoms with Gasteiger partial charge in [0, 0.05) is 10.8 Å². The van der Waals surface area contributed by atoms with E-state index in [-0.39, 0.29) is 11.1 Å². The predicted molar refractivity (Wildman–Crippen MR) is 51.1 cm³/mol. The van der Waals surface area contributed by atoms with Crippen molar-refractivity contribution in [1.29, 1.82) is 0 Å². The molecule has 1 heterocycles. The van der Waals surface area contributed by atoms with Gasteiger partial charge >= 0.3 is 5.69 Å². The molecule has 0 radical (unpaired) electrons. The average Bonchev–Trinajstić information content (AvgIpc) is 2.68. The Morgan fingerprint density at radius 3 is 2.29 bits per heavy atom. The van der Waals surface area contributed by atoms with Crippen LogP contribution in [-0.2, 0) is 0 Å². The normalized spacial score (nSPS) is 11.4. The van der Waals surface area contributed by atoms with Crippen LogP contribution in [-0.4, -0.2) is 9.97 Å². The number of nitrogens with zero attached hydrogens (tertiary/aromatic N) is 2. The van der Waals surface area contributed by atoms with Gasteiger partial charge in [0.25, 0.3) is 0 Å². The highest BCUT2D eigenvalue weighted by Crippen LogP contribution is 2.24. The summed E-state index contributed by atoms with van der Waals surface area (Å²) in [4.78, 5) is 29.8. The Balaban J connectivity index is 2.71. The molecule has 0 spiro atoms. The highest BCUT2D eigenvalue weighted by Gasteiger charge is 2.20. The van der Waals surface area contributed by atoms with Gasteiger partial charge in [0.1, 0.15) is 11.4 Å². The summed E-state index contributed by atoms with van der Waals surface area (Å²) in [6, 6.07) is 7.07. The van der Waals surface area contributed by atoms with Crippen molar-refractivity contribution in [3.05, 3.63) is 45.0 Å². The zero-order chi connectivity index (χ0) is 9.71. The molecule has 0 N–H and O–H groups in total. The fourth-order valence-electron chi connectivity index (χ4n) is 1.68. The molecular formula is C10H4N2O2. The van der Waals surface area contributed by atoms with Gasteiger partial charge in [-0.1, -0.05) is 24.3 Å². The zero-order valence-corrected chi connectivity index (χ0v) is 7.02. The van der Waals surface area contributed by atoms with E-state index in [1.807, 2.05) is 0 Å². The highest BCUT2D eigenvalue weighted by molar-refractivity contribution is 5.99. The van der Waals surface area contributed by atoms with Crippen molar-refractivity contribution >= 4 is 10.8 Å². The van der Waals surface area contributed by atoms with Crippen molar-refractivity contribution in [2.45, 2.75) is 0 Å². The molecule has 14 heavy (non-hydrogen) atoms. The van der Waals surface area contributed by atoms with Crippen LogP contribution < -0.4 is 11.1 Å². The summed E-state index contributed by atoms with van der Waals surface area (Å²) < 4.78 is 0. The second kappa shape index (κ2) is 2.23. The van der Waals surface area contributed by atoms with Crippen LogP contribution in [0.25, 0.3) is 22.2 Å². The molecule has 1 aromatic rings. The predicted octanol–water partition coefficient (Wildman–Crippen LogP) is 0.331. The maximum atomic E-state index is 11.7. The first-order valence-electron chi connectivity index (χ1n) is 4.13. The largest absolute Gasteiger partial charge is 0.368 e. The van der Waals surface area contributed by atoms with Crippen LogP contribution >= 0.6 is 0 Å². The molecule has 0 unspecified atom stereocenters. The second-order valence-corrected chi connectivity index (χ2v) is 3.08. The van der Waals surface area contributed by atoms with E-state index in [0.29, 0.717) is 16.5 Å². The van der Waals surface area contributed by atoms with E-state index in [0.717, 1.165) is 0 Å². The number of aromatic nitrogens is 2. The van der Waals surface area contributed by atoms with Crippen LogP contribution in [0.5, 0.6) is 0 Å². The maximum absolute atomic E-state index is 11.7. The quantitative estimate of drug-likeness (QED) is 0.505. The SMILES string of the molecule is O=c1nc2c(=O)c3ccccc3c-2n1. The molecule has 1 aliphatic carbocycles. The Bertz CT molecular complexity index is 680. The molecule has 3 rings (SSSR count). The van der Waals surface area contributed by atoms with Crippen molar-refractivity contribution in [3.8, 4) is 11.4 Å². The van der Waals surface area contributed by atoms with Crippen LogP contribution in [0.3, 0.4) is 0 Å². The number of hydrogen-bond donors (Lipinski definition) is 0. The van der Waals surface area contributed by atoms with Crippen LogP contribution in [0.15, 0.2) is 33.9 Å². The van der Waals surface area contributed by atoms with Crippen molar-refractivity contribution in [3.63, 3.8) is 0 Å². The van der Waals surface area contributed by atoms with Gasteiger partial charge in [-0.3, -0.25) is 4.79 Å². The number of imidazole rings is 1. The van der Waals surface area contributed by atoms with E-state index in [2.05, 4.69) is 9.97 Å². The lowest BCUT2D eigenvalue weighted by molar-refractivity contribution is 1.20. The first-order chi connectivity index (χ1) is 6.77. The van der Waals surface area contributed by atoms with Crippen molar-refractivity contribution in [2.75, 3.05) is 0 Å². The van der Waals surface area contributed by atoms with Gasteiger partial charge in [-0.15, -0.1) is 0 Å². The Kier molecular flexibility index (Phi) is 1.16. The van der Waals surface area contributed by atoms with Gasteiger partial charge in [0.05, 0.1) is 0 Å². The minimum atomic E-state index is -0.585. The third-order valence-electron chi connectivity index (χ3n) is 2.28. The van der Waals surface area contributed by atoms with E-state index in [4.69, 9.17) is 0 Å². The van der Waals surface area contributed by atoms with E-state index >= 15 is 0 Å². The molecule has 0 saturated heterocycles. The van der Waals surface area contributed by atoms with Gasteiger partial charge in [-0.05, 0) is 0 Å². The minimum Gasteiger partial charge on any atom is -0.287 e. The third-order valence-corrected chi connectivity index (χ3v) is 2.28. The Hall–Kier alpha value is -2.10. The lowest BCUT2D eigenvalue weighted by Crippen LogP contribution is -2.03. The van der Waals surface area contributed by atoms with E-state index in [1.165, 1.54) is 0 Å². The van der Waals surface area contributed by atoms with Crippen molar-refractivity contribution < 1.29 is 0 Å². The van der Waals surface area contributed by atoms with Crippen LogP contribution in [0.1, 0.15) is 0 Å². The molecular weight excluding hydrogens is 180 g/mol. The lowest BCUT2D eigenvalue weighted by Gasteiger charge is -1.85. The van der Waals surface area contributed by atoms with Crippen molar-refractivity contribution in [2.24, 2.45) is 0 Å². The molecule has 0 bridgehead atoms. The molecule has 2 aliphatic rings. The topological polar surface area (TPSA) is 59.9 Å². The monoisotopic (exact) mass is 184 g/mol. The summed E-state index contributed by atoms with van der Waals surface area (Å²) in [5.41, 5.74) is -0.171. The Morgan fingerprint density at radius 2 is 1.50 bits per heavy atom. The molecule has 1 aromatic carbocycles. The molecule has 0 amide bonds. The number of rotatable bonds is 0. The second-order valence-electron chi connectivity index (χ2n) is 3.08. The van der Waals surface area contributed by atoms with Crippen LogP contribution in [0.4, 0.5) is 0 Å². The molecule has 0 saturated carbocycles. The summed E-state index contributed by atoms with van der Waals surface area (Å²) in [5, 5.41) is 1.29. The first-order valence-corrected chi connectivity index (χ1v) is 4.13. The highest BCUT2D eigenvalue weighted by atomic mass is 16.1. The molecule has 0 atom stereocenters. The van der Waals surface area contributed by atoms with Crippen molar-refractivity contribution in [1.82, 2.24) is 9.97 Å². The van der Waals surface area contributed by atoms with Gasteiger partial charge in [0.2, 0.25) is 5.43 Å². The smallest absolute Gasteiger partial charge is 0.287 e. The summed E-state index contributed by atoms with van der Waals surface area (Å²) in [7, 11) is 0. The zero-order valence-electron chi connectivity index (χ0n) is 7.02. The van der Waals surface area contributed by atoms with E-state index in [1.54, 1.807) is 24.3 Å². The average molecular weight is 184 g/mol. The third kappa shape index (κ3) is 0.724. The van der Waals surface area contributed by atoms with Crippen LogP contribution in [0.2, 0.25) is 0 Å². The Labute approximate surface area is 77.9 Å². The molecule has 0 aromatic heterocycles. The Morgan fingerprint density at radius 1 is 0.857 bits per heavy atom. The van der Waals surface area contributed by atoms with E-state index < -0.39 is 5.69 Å². The van der Waals surface area contributed by atoms with Crippen LogP contribution in [0, 0.1) is 0 Å². The first kappa shape index (κ1) is 7.32. The number of fused-ring (bicyclic) bond motifs is 3. The molecule has 4 heteroatoms. The number of hydrogen-bond acceptors (Lipinski definition) is 4. The van der Waals surface area contributed by atoms with Gasteiger partial charge in [-0.2, -0.15) is 9.97 Å². The lowest BCUT2D eigenvalue weighted by atomic mass is 10.2. The molecule has 4 nitrogen and oxygen atoms in total. The summed E-state index contributed by atoms with van der Waals surface area (Å²) in [6.07, 6.45) is 0. The molecule has 0 fully saturated rings. The summed E-state index contributed by atoms with van der Waals surface area (Å²) in [5.74, 6) is 0. The minimum absolute atomic E-state index is 0.191. The maximum Gasteiger partial charge on any atom is 0.368 e. The van der Waals surface area contributed by atoms with Gasteiger partial charge < -0.3 is 0 Å². The van der Waals surface area contributed by atoms with Gasteiger partial charge in [-0.25, -0.2) is 4.79 Å².